The van der Waals surface area contributed by atoms with E-state index in [9.17, 15) is 0 Å². The summed E-state index contributed by atoms with van der Waals surface area (Å²) in [6.45, 7) is 2.59. The molecule has 74 valence electrons. The average molecular weight is 176 g/mol. The zero-order valence-electron chi connectivity index (χ0n) is 7.79. The highest BCUT2D eigenvalue weighted by Crippen LogP contribution is 1.90. The van der Waals surface area contributed by atoms with Gasteiger partial charge in [0, 0.05) is 32.9 Å². The summed E-state index contributed by atoms with van der Waals surface area (Å²) >= 11 is 0. The van der Waals surface area contributed by atoms with Crippen LogP contribution in [0.2, 0.25) is 0 Å². The monoisotopic (exact) mass is 176 g/mol. The number of ether oxygens (including phenoxy) is 2. The van der Waals surface area contributed by atoms with Crippen LogP contribution in [0.1, 0.15) is 12.8 Å². The van der Waals surface area contributed by atoms with Crippen molar-refractivity contribution in [3.63, 3.8) is 0 Å². The molecular formula is C8H20N2O2. The molecule has 0 fully saturated rings. The third kappa shape index (κ3) is 7.94. The first-order valence-electron chi connectivity index (χ1n) is 4.33. The number of nitrogens with two attached hydrogens (primary N) is 2. The molecule has 0 saturated heterocycles. The molecule has 12 heavy (non-hydrogen) atoms. The molecule has 0 amide bonds. The molecule has 0 aromatic heterocycles. The normalized spacial score (nSPS) is 13.2. The smallest absolute Gasteiger partial charge is 0.0629 e. The predicted molar refractivity (Wildman–Crippen MR) is 49.0 cm³/mol. The molecule has 0 heterocycles. The fourth-order valence-corrected chi connectivity index (χ4v) is 0.753. The molecule has 0 rings (SSSR count). The minimum absolute atomic E-state index is 0.0209. The second-order valence-corrected chi connectivity index (χ2v) is 2.77. The molecule has 4 N–H and O–H groups in total. The minimum atomic E-state index is -0.0209. The Bertz CT molecular complexity index is 91.1. The van der Waals surface area contributed by atoms with E-state index in [0.29, 0.717) is 13.2 Å². The standard InChI is InChI=1S/C8H20N2O2/c1-11-4-2-3-5-12-7-8(10)6-9/h8H,2-7,9-10H2,1H3. The molecule has 0 bridgehead atoms. The largest absolute Gasteiger partial charge is 0.385 e. The Hall–Kier alpha value is -0.160. The SMILES string of the molecule is COCCCCOCC(N)CN. The summed E-state index contributed by atoms with van der Waals surface area (Å²) in [5.74, 6) is 0. The van der Waals surface area contributed by atoms with E-state index in [-0.39, 0.29) is 6.04 Å². The summed E-state index contributed by atoms with van der Waals surface area (Å²) in [6, 6.07) is -0.0209. The van der Waals surface area contributed by atoms with Crippen molar-refractivity contribution in [3.05, 3.63) is 0 Å². The first-order chi connectivity index (χ1) is 5.81. The molecule has 0 aromatic carbocycles. The van der Waals surface area contributed by atoms with Gasteiger partial charge in [0.15, 0.2) is 0 Å². The zero-order chi connectivity index (χ0) is 9.23. The van der Waals surface area contributed by atoms with Crippen LogP contribution in [0.3, 0.4) is 0 Å². The van der Waals surface area contributed by atoms with E-state index in [1.54, 1.807) is 7.11 Å². The summed E-state index contributed by atoms with van der Waals surface area (Å²) in [5.41, 5.74) is 10.8. The van der Waals surface area contributed by atoms with Gasteiger partial charge in [0.2, 0.25) is 0 Å². The number of unbranched alkanes of at least 4 members (excludes halogenated alkanes) is 1. The lowest BCUT2D eigenvalue weighted by molar-refractivity contribution is 0.110. The van der Waals surface area contributed by atoms with Gasteiger partial charge in [0.25, 0.3) is 0 Å². The van der Waals surface area contributed by atoms with Crippen molar-refractivity contribution in [2.24, 2.45) is 11.5 Å². The summed E-state index contributed by atoms with van der Waals surface area (Å²) in [4.78, 5) is 0. The Morgan fingerprint density at radius 3 is 2.50 bits per heavy atom. The van der Waals surface area contributed by atoms with Gasteiger partial charge in [-0.15, -0.1) is 0 Å². The van der Waals surface area contributed by atoms with Gasteiger partial charge >= 0.3 is 0 Å². The van der Waals surface area contributed by atoms with Crippen LogP contribution in [0.4, 0.5) is 0 Å². The van der Waals surface area contributed by atoms with E-state index < -0.39 is 0 Å². The second kappa shape index (κ2) is 8.93. The van der Waals surface area contributed by atoms with Crippen molar-refractivity contribution in [1.29, 1.82) is 0 Å². The number of hydrogen-bond acceptors (Lipinski definition) is 4. The van der Waals surface area contributed by atoms with Crippen LogP contribution in [-0.4, -0.2) is 39.5 Å². The molecule has 0 spiro atoms. The Morgan fingerprint density at radius 1 is 1.25 bits per heavy atom. The van der Waals surface area contributed by atoms with E-state index in [0.717, 1.165) is 26.1 Å². The van der Waals surface area contributed by atoms with Crippen LogP contribution in [0, 0.1) is 0 Å². The Morgan fingerprint density at radius 2 is 1.92 bits per heavy atom. The first kappa shape index (κ1) is 11.8. The molecular weight excluding hydrogens is 156 g/mol. The topological polar surface area (TPSA) is 70.5 Å². The quantitative estimate of drug-likeness (QED) is 0.499. The molecule has 4 nitrogen and oxygen atoms in total. The van der Waals surface area contributed by atoms with Crippen molar-refractivity contribution in [2.75, 3.05) is 33.5 Å². The van der Waals surface area contributed by atoms with E-state index in [1.165, 1.54) is 0 Å². The second-order valence-electron chi connectivity index (χ2n) is 2.77. The van der Waals surface area contributed by atoms with E-state index in [1.807, 2.05) is 0 Å². The lowest BCUT2D eigenvalue weighted by Gasteiger charge is -2.08. The average Bonchev–Trinajstić information content (AvgIpc) is 2.10. The molecule has 1 unspecified atom stereocenters. The van der Waals surface area contributed by atoms with Crippen molar-refractivity contribution in [1.82, 2.24) is 0 Å². The van der Waals surface area contributed by atoms with Crippen molar-refractivity contribution in [2.45, 2.75) is 18.9 Å². The summed E-state index contributed by atoms with van der Waals surface area (Å²) in [5, 5.41) is 0. The van der Waals surface area contributed by atoms with Crippen LogP contribution in [0.5, 0.6) is 0 Å². The molecule has 0 radical (unpaired) electrons. The van der Waals surface area contributed by atoms with Gasteiger partial charge in [-0.05, 0) is 12.8 Å². The van der Waals surface area contributed by atoms with Crippen LogP contribution in [-0.2, 0) is 9.47 Å². The van der Waals surface area contributed by atoms with Crippen LogP contribution in [0.25, 0.3) is 0 Å². The number of methoxy groups -OCH3 is 1. The van der Waals surface area contributed by atoms with E-state index in [2.05, 4.69) is 0 Å². The maximum atomic E-state index is 5.54. The summed E-state index contributed by atoms with van der Waals surface area (Å²) in [6.07, 6.45) is 2.06. The van der Waals surface area contributed by atoms with Crippen molar-refractivity contribution < 1.29 is 9.47 Å². The summed E-state index contributed by atoms with van der Waals surface area (Å²) in [7, 11) is 1.70. The fourth-order valence-electron chi connectivity index (χ4n) is 0.753. The molecule has 1 atom stereocenters. The van der Waals surface area contributed by atoms with Crippen LogP contribution < -0.4 is 11.5 Å². The lowest BCUT2D eigenvalue weighted by Crippen LogP contribution is -2.34. The maximum absolute atomic E-state index is 5.54. The van der Waals surface area contributed by atoms with Crippen molar-refractivity contribution in [3.8, 4) is 0 Å². The highest BCUT2D eigenvalue weighted by Gasteiger charge is 1.97. The van der Waals surface area contributed by atoms with Crippen LogP contribution in [0.15, 0.2) is 0 Å². The molecule has 0 aromatic rings. The lowest BCUT2D eigenvalue weighted by atomic mass is 10.3. The third-order valence-electron chi connectivity index (χ3n) is 1.52. The number of hydrogen-bond donors (Lipinski definition) is 2. The Balaban J connectivity index is 2.90. The van der Waals surface area contributed by atoms with Crippen LogP contribution >= 0.6 is 0 Å². The van der Waals surface area contributed by atoms with Gasteiger partial charge in [-0.25, -0.2) is 0 Å². The molecule has 0 saturated carbocycles. The van der Waals surface area contributed by atoms with Gasteiger partial charge in [-0.3, -0.25) is 0 Å². The maximum Gasteiger partial charge on any atom is 0.0629 e. The fraction of sp³-hybridized carbons (Fsp3) is 1.00. The Labute approximate surface area is 74.2 Å². The summed E-state index contributed by atoms with van der Waals surface area (Å²) < 4.78 is 10.2. The zero-order valence-corrected chi connectivity index (χ0v) is 7.79. The molecule has 0 aliphatic heterocycles. The highest BCUT2D eigenvalue weighted by atomic mass is 16.5. The predicted octanol–water partition coefficient (Wildman–Crippen LogP) is -0.284. The van der Waals surface area contributed by atoms with Gasteiger partial charge in [0.1, 0.15) is 0 Å². The van der Waals surface area contributed by atoms with Crippen molar-refractivity contribution >= 4 is 0 Å². The third-order valence-corrected chi connectivity index (χ3v) is 1.52. The minimum Gasteiger partial charge on any atom is -0.385 e. The van der Waals surface area contributed by atoms with Gasteiger partial charge in [-0.1, -0.05) is 0 Å². The first-order valence-corrected chi connectivity index (χ1v) is 4.33. The van der Waals surface area contributed by atoms with Gasteiger partial charge in [0.05, 0.1) is 6.61 Å². The highest BCUT2D eigenvalue weighted by molar-refractivity contribution is 4.58. The molecule has 0 aliphatic rings. The van der Waals surface area contributed by atoms with Gasteiger partial charge < -0.3 is 20.9 Å². The number of rotatable bonds is 8. The van der Waals surface area contributed by atoms with Gasteiger partial charge in [-0.2, -0.15) is 0 Å². The van der Waals surface area contributed by atoms with E-state index in [4.69, 9.17) is 20.9 Å². The molecule has 4 heteroatoms. The van der Waals surface area contributed by atoms with E-state index >= 15 is 0 Å². The molecule has 0 aliphatic carbocycles. The Kier molecular flexibility index (Phi) is 8.81.